The second-order valence-electron chi connectivity index (χ2n) is 12.0. The summed E-state index contributed by atoms with van der Waals surface area (Å²) < 4.78 is 56.1. The van der Waals surface area contributed by atoms with Crippen LogP contribution < -0.4 is 29.2 Å². The van der Waals surface area contributed by atoms with Crippen molar-refractivity contribution in [2.45, 2.75) is 52.8 Å². The number of carbonyl (C=O) groups is 1. The van der Waals surface area contributed by atoms with Crippen LogP contribution in [0.1, 0.15) is 43.9 Å². The number of likely N-dealkylation sites (N-methyl/N-ethyl adjacent to an activating group) is 1. The maximum absolute atomic E-state index is 14.0. The molecule has 4 aromatic carbocycles. The van der Waals surface area contributed by atoms with E-state index >= 15 is 0 Å². The summed E-state index contributed by atoms with van der Waals surface area (Å²) in [5.41, 5.74) is 5.65. The van der Waals surface area contributed by atoms with Crippen molar-refractivity contribution in [2.24, 2.45) is 0 Å². The summed E-state index contributed by atoms with van der Waals surface area (Å²) in [6, 6.07) is 21.5. The lowest BCUT2D eigenvalue weighted by atomic mass is 9.91. The van der Waals surface area contributed by atoms with Crippen LogP contribution in [0.4, 0.5) is 21.5 Å². The van der Waals surface area contributed by atoms with Gasteiger partial charge in [-0.15, -0.1) is 0 Å². The molecule has 3 aliphatic heterocycles. The Morgan fingerprint density at radius 2 is 1.72 bits per heavy atom. The Kier molecular flexibility index (Phi) is 9.67. The van der Waals surface area contributed by atoms with E-state index in [1.165, 1.54) is 36.6 Å². The van der Waals surface area contributed by atoms with E-state index in [4.69, 9.17) is 13.7 Å². The van der Waals surface area contributed by atoms with Crippen LogP contribution in [-0.2, 0) is 28.1 Å². The quantitative estimate of drug-likeness (QED) is 0.180. The van der Waals surface area contributed by atoms with Gasteiger partial charge in [-0.3, -0.25) is 4.79 Å². The van der Waals surface area contributed by atoms with Crippen molar-refractivity contribution in [2.75, 3.05) is 35.4 Å². The lowest BCUT2D eigenvalue weighted by molar-refractivity contribution is -0.121. The van der Waals surface area contributed by atoms with E-state index in [-0.39, 0.29) is 29.8 Å². The highest BCUT2D eigenvalue weighted by molar-refractivity contribution is 7.87. The number of para-hydroxylation sites is 1. The zero-order valence-electron chi connectivity index (χ0n) is 27.4. The van der Waals surface area contributed by atoms with Crippen LogP contribution in [0.25, 0.3) is 11.1 Å². The summed E-state index contributed by atoms with van der Waals surface area (Å²) >= 11 is 0. The minimum Gasteiger partial charge on any atom is -0.492 e. The highest BCUT2D eigenvalue weighted by Gasteiger charge is 2.39. The first-order valence-corrected chi connectivity index (χ1v) is 16.9. The molecule has 11 heteroatoms. The molecule has 0 aromatic heterocycles. The number of hydrogen-bond acceptors (Lipinski definition) is 8. The third kappa shape index (κ3) is 7.30. The molecule has 4 aromatic rings. The summed E-state index contributed by atoms with van der Waals surface area (Å²) in [5.74, 6) is -0.0754. The molecular formula is C36H40FN3O6S. The van der Waals surface area contributed by atoms with Gasteiger partial charge in [-0.1, -0.05) is 43.3 Å². The van der Waals surface area contributed by atoms with Crippen LogP contribution in [0.15, 0.2) is 72.8 Å². The smallest absolute Gasteiger partial charge is 0.309 e. The van der Waals surface area contributed by atoms with Crippen LogP contribution >= 0.6 is 0 Å². The van der Waals surface area contributed by atoms with Gasteiger partial charge in [0.2, 0.25) is 0 Å². The number of halogens is 1. The molecule has 248 valence electrons. The summed E-state index contributed by atoms with van der Waals surface area (Å²) in [6.45, 7) is 8.18. The molecule has 0 saturated heterocycles. The third-order valence-electron chi connectivity index (χ3n) is 8.02. The summed E-state index contributed by atoms with van der Waals surface area (Å²) in [5, 5.41) is 6.52. The molecule has 2 N–H and O–H groups in total. The van der Waals surface area contributed by atoms with Crippen molar-refractivity contribution in [1.82, 2.24) is 0 Å². The fraction of sp³-hybridized carbons (Fsp3) is 0.306. The van der Waals surface area contributed by atoms with Crippen molar-refractivity contribution in [3.63, 3.8) is 0 Å². The van der Waals surface area contributed by atoms with Gasteiger partial charge in [0.05, 0.1) is 24.2 Å². The Hall–Kier alpha value is -4.77. The number of aryl methyl sites for hydroxylation is 1. The number of nitrogens with one attached hydrogen (secondary N) is 2. The highest BCUT2D eigenvalue weighted by atomic mass is 32.2. The largest absolute Gasteiger partial charge is 0.492 e. The highest BCUT2D eigenvalue weighted by Crippen LogP contribution is 2.46. The van der Waals surface area contributed by atoms with Gasteiger partial charge in [-0.25, -0.2) is 4.39 Å². The maximum atomic E-state index is 14.0. The summed E-state index contributed by atoms with van der Waals surface area (Å²) in [6.07, 6.45) is 0.403. The molecule has 0 radical (unpaired) electrons. The molecule has 0 unspecified atom stereocenters. The standard InChI is InChI=1S/C29H33FN2O6S.C7H7N/c1-7-15-39(34,35)38-24-10-8-9-21(27(24)36-6)20-13-14-23-26(32(5)28(33)29(3,4)31-23)22(20)17-37-25-16-19(30)12-11-18(25)2;1-3-7-4-2-6(1)5-8-7/h8-14,16,31H,7,15,17H2,1-6H3;1-4,8H,5H2. The fourth-order valence-corrected chi connectivity index (χ4v) is 6.67. The average molecular weight is 662 g/mol. The molecule has 9 nitrogen and oxygen atoms in total. The van der Waals surface area contributed by atoms with Crippen LogP contribution in [-0.4, -0.2) is 39.8 Å². The normalized spacial score (nSPS) is 14.3. The lowest BCUT2D eigenvalue weighted by Crippen LogP contribution is -2.52. The third-order valence-corrected chi connectivity index (χ3v) is 9.36. The second-order valence-corrected chi connectivity index (χ2v) is 13.7. The number of ether oxygens (including phenoxy) is 2. The van der Waals surface area contributed by atoms with Crippen molar-refractivity contribution in [3.8, 4) is 28.4 Å². The molecule has 0 atom stereocenters. The number of rotatable bonds is 9. The number of amides is 1. The molecule has 0 saturated carbocycles. The Labute approximate surface area is 275 Å². The van der Waals surface area contributed by atoms with Crippen molar-refractivity contribution in [3.05, 3.63) is 95.3 Å². The second kappa shape index (κ2) is 13.5. The van der Waals surface area contributed by atoms with Crippen molar-refractivity contribution < 1.29 is 31.3 Å². The first kappa shape index (κ1) is 33.6. The number of fused-ring (bicyclic) bond motifs is 4. The molecular weight excluding hydrogens is 621 g/mol. The molecule has 7 rings (SSSR count). The van der Waals surface area contributed by atoms with Gasteiger partial charge in [0, 0.05) is 36.5 Å². The fourth-order valence-electron chi connectivity index (χ4n) is 5.69. The Morgan fingerprint density at radius 1 is 0.979 bits per heavy atom. The number of methoxy groups -OCH3 is 1. The lowest BCUT2D eigenvalue weighted by Gasteiger charge is -2.39. The minimum atomic E-state index is -3.83. The summed E-state index contributed by atoms with van der Waals surface area (Å²) in [4.78, 5) is 14.8. The number of hydrogen-bond donors (Lipinski definition) is 2. The van der Waals surface area contributed by atoms with E-state index in [9.17, 15) is 17.6 Å². The van der Waals surface area contributed by atoms with Gasteiger partial charge < -0.3 is 29.2 Å². The predicted molar refractivity (Wildman–Crippen MR) is 183 cm³/mol. The van der Waals surface area contributed by atoms with E-state index in [1.807, 2.05) is 19.1 Å². The predicted octanol–water partition coefficient (Wildman–Crippen LogP) is 7.29. The monoisotopic (exact) mass is 661 g/mol. The molecule has 47 heavy (non-hydrogen) atoms. The van der Waals surface area contributed by atoms with Gasteiger partial charge >= 0.3 is 10.1 Å². The molecule has 1 amide bonds. The molecule has 0 fully saturated rings. The first-order valence-electron chi connectivity index (χ1n) is 15.4. The Morgan fingerprint density at radius 3 is 2.32 bits per heavy atom. The van der Waals surface area contributed by atoms with Crippen LogP contribution in [0.3, 0.4) is 0 Å². The van der Waals surface area contributed by atoms with Crippen molar-refractivity contribution in [1.29, 1.82) is 0 Å². The van der Waals surface area contributed by atoms with E-state index < -0.39 is 21.5 Å². The summed E-state index contributed by atoms with van der Waals surface area (Å²) in [7, 11) is -0.702. The average Bonchev–Trinajstić information content (AvgIpc) is 3.04. The topological polar surface area (TPSA) is 106 Å². The van der Waals surface area contributed by atoms with E-state index in [0.29, 0.717) is 34.5 Å². The minimum absolute atomic E-state index is 0.00903. The van der Waals surface area contributed by atoms with E-state index in [0.717, 1.165) is 17.8 Å². The Balaban J connectivity index is 0.000000466. The SMILES string of the molecule is CCCS(=O)(=O)Oc1cccc(-c2ccc3c(c2COc2cc(F)ccc2C)N(C)C(=O)C(C)(C)N3)c1OC.c1cc2ccc1CN2. The number of benzene rings is 4. The molecule has 0 spiro atoms. The first-order chi connectivity index (χ1) is 22.3. The number of nitrogens with zero attached hydrogens (tertiary/aromatic N) is 1. The van der Waals surface area contributed by atoms with Gasteiger partial charge in [-0.2, -0.15) is 8.42 Å². The molecule has 3 heterocycles. The molecule has 2 bridgehead atoms. The van der Waals surface area contributed by atoms with Crippen LogP contribution in [0, 0.1) is 12.7 Å². The van der Waals surface area contributed by atoms with E-state index in [1.54, 1.807) is 50.9 Å². The van der Waals surface area contributed by atoms with Gasteiger partial charge in [-0.05, 0) is 74.2 Å². The van der Waals surface area contributed by atoms with Gasteiger partial charge in [0.25, 0.3) is 5.91 Å². The van der Waals surface area contributed by atoms with Gasteiger partial charge in [0.1, 0.15) is 23.7 Å². The van der Waals surface area contributed by atoms with Crippen LogP contribution in [0.5, 0.6) is 17.2 Å². The van der Waals surface area contributed by atoms with Crippen molar-refractivity contribution >= 4 is 33.1 Å². The van der Waals surface area contributed by atoms with E-state index in [2.05, 4.69) is 34.9 Å². The zero-order chi connectivity index (χ0) is 33.9. The maximum Gasteiger partial charge on any atom is 0.309 e. The Bertz CT molecular complexity index is 1870. The number of anilines is 3. The molecule has 0 aliphatic carbocycles. The van der Waals surface area contributed by atoms with Crippen LogP contribution in [0.2, 0.25) is 0 Å². The molecule has 3 aliphatic rings. The van der Waals surface area contributed by atoms with Gasteiger partial charge in [0.15, 0.2) is 11.5 Å². The zero-order valence-corrected chi connectivity index (χ0v) is 28.3. The number of carbonyl (C=O) groups excluding carboxylic acids is 1.